The van der Waals surface area contributed by atoms with Gasteiger partial charge in [-0.05, 0) is 39.0 Å². The van der Waals surface area contributed by atoms with Crippen molar-refractivity contribution in [2.75, 3.05) is 0 Å². The Kier molecular flexibility index (Phi) is 3.53. The lowest BCUT2D eigenvalue weighted by atomic mass is 10.1. The molecule has 0 heterocycles. The number of ether oxygens (including phenoxy) is 1. The Balaban J connectivity index is 3.09. The number of Topliss-reactive ketones (excluding diaryl/α,β-unsaturated/α-hetero) is 1. The molecule has 76 valence electrons. The molecule has 0 saturated carbocycles. The van der Waals surface area contributed by atoms with Gasteiger partial charge in [-0.2, -0.15) is 0 Å². The third-order valence-corrected chi connectivity index (χ3v) is 1.92. The maximum Gasteiger partial charge on any atom is 0.163 e. The van der Waals surface area contributed by atoms with Gasteiger partial charge < -0.3 is 4.74 Å². The van der Waals surface area contributed by atoms with Gasteiger partial charge in [0.15, 0.2) is 5.78 Å². The Labute approximate surface area is 88.8 Å². The summed E-state index contributed by atoms with van der Waals surface area (Å²) >= 11 is 5.81. The van der Waals surface area contributed by atoms with Crippen molar-refractivity contribution in [3.63, 3.8) is 0 Å². The molecule has 14 heavy (non-hydrogen) atoms. The zero-order chi connectivity index (χ0) is 10.7. The van der Waals surface area contributed by atoms with Gasteiger partial charge in [0.2, 0.25) is 0 Å². The van der Waals surface area contributed by atoms with Gasteiger partial charge in [0.1, 0.15) is 5.75 Å². The van der Waals surface area contributed by atoms with Crippen molar-refractivity contribution in [1.82, 2.24) is 0 Å². The molecule has 0 saturated heterocycles. The van der Waals surface area contributed by atoms with Gasteiger partial charge in [-0.3, -0.25) is 4.79 Å². The lowest BCUT2D eigenvalue weighted by molar-refractivity contribution is 0.101. The molecule has 0 amide bonds. The molecular formula is C11H13ClO2. The van der Waals surface area contributed by atoms with Gasteiger partial charge in [0, 0.05) is 5.02 Å². The summed E-state index contributed by atoms with van der Waals surface area (Å²) in [5, 5.41) is 0.575. The molecule has 0 bridgehead atoms. The van der Waals surface area contributed by atoms with Crippen molar-refractivity contribution < 1.29 is 9.53 Å². The van der Waals surface area contributed by atoms with Crippen LogP contribution in [0.3, 0.4) is 0 Å². The Bertz CT molecular complexity index is 345. The van der Waals surface area contributed by atoms with E-state index >= 15 is 0 Å². The first kappa shape index (κ1) is 11.1. The lowest BCUT2D eigenvalue weighted by Gasteiger charge is -2.12. The molecule has 2 nitrogen and oxygen atoms in total. The van der Waals surface area contributed by atoms with Crippen molar-refractivity contribution in [2.45, 2.75) is 26.9 Å². The van der Waals surface area contributed by atoms with Crippen LogP contribution in [0, 0.1) is 0 Å². The number of hydrogen-bond donors (Lipinski definition) is 0. The highest BCUT2D eigenvalue weighted by Gasteiger charge is 2.09. The fourth-order valence-corrected chi connectivity index (χ4v) is 1.30. The highest BCUT2D eigenvalue weighted by Crippen LogP contribution is 2.24. The van der Waals surface area contributed by atoms with Crippen molar-refractivity contribution in [2.24, 2.45) is 0 Å². The predicted molar refractivity (Wildman–Crippen MR) is 57.2 cm³/mol. The van der Waals surface area contributed by atoms with Crippen molar-refractivity contribution >= 4 is 17.4 Å². The predicted octanol–water partition coefficient (Wildman–Crippen LogP) is 3.33. The maximum absolute atomic E-state index is 11.2. The highest BCUT2D eigenvalue weighted by atomic mass is 35.5. The van der Waals surface area contributed by atoms with Crippen molar-refractivity contribution in [1.29, 1.82) is 0 Å². The summed E-state index contributed by atoms with van der Waals surface area (Å²) in [6.07, 6.45) is 0.0339. The molecule has 0 aliphatic heterocycles. The van der Waals surface area contributed by atoms with E-state index < -0.39 is 0 Å². The summed E-state index contributed by atoms with van der Waals surface area (Å²) in [5.74, 6) is 0.539. The molecule has 1 rings (SSSR count). The molecule has 1 aromatic rings. The minimum atomic E-state index is -0.0164. The van der Waals surface area contributed by atoms with E-state index in [2.05, 4.69) is 0 Å². The van der Waals surface area contributed by atoms with Crippen LogP contribution in [0.1, 0.15) is 31.1 Å². The smallest absolute Gasteiger partial charge is 0.163 e. The second-order valence-corrected chi connectivity index (χ2v) is 3.80. The average molecular weight is 213 g/mol. The van der Waals surface area contributed by atoms with Gasteiger partial charge in [-0.15, -0.1) is 0 Å². The third kappa shape index (κ3) is 2.74. The van der Waals surface area contributed by atoms with Gasteiger partial charge in [-0.1, -0.05) is 11.6 Å². The number of halogens is 1. The van der Waals surface area contributed by atoms with Crippen LogP contribution in [0.5, 0.6) is 5.75 Å². The number of carbonyl (C=O) groups excluding carboxylic acids is 1. The molecule has 0 unspecified atom stereocenters. The van der Waals surface area contributed by atoms with Gasteiger partial charge in [0.25, 0.3) is 0 Å². The van der Waals surface area contributed by atoms with E-state index in [0.717, 1.165) is 0 Å². The van der Waals surface area contributed by atoms with E-state index in [4.69, 9.17) is 16.3 Å². The third-order valence-electron chi connectivity index (χ3n) is 1.69. The molecule has 3 heteroatoms. The fourth-order valence-electron chi connectivity index (χ4n) is 1.14. The minimum Gasteiger partial charge on any atom is -0.490 e. The first-order valence-electron chi connectivity index (χ1n) is 4.48. The topological polar surface area (TPSA) is 26.3 Å². The molecule has 0 radical (unpaired) electrons. The monoisotopic (exact) mass is 212 g/mol. The number of rotatable bonds is 3. The SMILES string of the molecule is CC(=O)c1ccc(Cl)cc1OC(C)C. The highest BCUT2D eigenvalue weighted by molar-refractivity contribution is 6.30. The molecule has 0 aliphatic carbocycles. The molecule has 0 atom stereocenters. The van der Waals surface area contributed by atoms with Crippen LogP contribution in [0.25, 0.3) is 0 Å². The summed E-state index contributed by atoms with van der Waals surface area (Å²) in [6, 6.07) is 5.03. The molecule has 0 aromatic heterocycles. The quantitative estimate of drug-likeness (QED) is 0.719. The van der Waals surface area contributed by atoms with Crippen LogP contribution in [-0.2, 0) is 0 Å². The maximum atomic E-state index is 11.2. The number of hydrogen-bond acceptors (Lipinski definition) is 2. The minimum absolute atomic E-state index is 0.0164. The van der Waals surface area contributed by atoms with Crippen molar-refractivity contribution in [3.05, 3.63) is 28.8 Å². The second-order valence-electron chi connectivity index (χ2n) is 3.36. The summed E-state index contributed by atoms with van der Waals surface area (Å²) in [6.45, 7) is 5.33. The Morgan fingerprint density at radius 3 is 2.57 bits per heavy atom. The summed E-state index contributed by atoms with van der Waals surface area (Å²) < 4.78 is 5.48. The van der Waals surface area contributed by atoms with Crippen LogP contribution in [0.2, 0.25) is 5.02 Å². The van der Waals surface area contributed by atoms with Gasteiger partial charge in [-0.25, -0.2) is 0 Å². The van der Waals surface area contributed by atoms with Crippen LogP contribution in [-0.4, -0.2) is 11.9 Å². The summed E-state index contributed by atoms with van der Waals surface area (Å²) in [7, 11) is 0. The van der Waals surface area contributed by atoms with E-state index in [-0.39, 0.29) is 11.9 Å². The standard InChI is InChI=1S/C11H13ClO2/c1-7(2)14-11-6-9(12)4-5-10(11)8(3)13/h4-7H,1-3H3. The largest absolute Gasteiger partial charge is 0.490 e. The van der Waals surface area contributed by atoms with Crippen LogP contribution < -0.4 is 4.74 Å². The molecular weight excluding hydrogens is 200 g/mol. The van der Waals surface area contributed by atoms with Crippen LogP contribution in [0.4, 0.5) is 0 Å². The van der Waals surface area contributed by atoms with Gasteiger partial charge >= 0.3 is 0 Å². The molecule has 1 aromatic carbocycles. The van der Waals surface area contributed by atoms with E-state index in [9.17, 15) is 4.79 Å². The average Bonchev–Trinajstić information content (AvgIpc) is 2.01. The first-order chi connectivity index (χ1) is 6.50. The molecule has 0 fully saturated rings. The van der Waals surface area contributed by atoms with E-state index in [1.54, 1.807) is 18.2 Å². The number of benzene rings is 1. The van der Waals surface area contributed by atoms with Crippen molar-refractivity contribution in [3.8, 4) is 5.75 Å². The van der Waals surface area contributed by atoms with Crippen LogP contribution >= 0.6 is 11.6 Å². The Morgan fingerprint density at radius 1 is 1.43 bits per heavy atom. The van der Waals surface area contributed by atoms with E-state index in [1.807, 2.05) is 13.8 Å². The number of ketones is 1. The first-order valence-corrected chi connectivity index (χ1v) is 4.85. The molecule has 0 spiro atoms. The second kappa shape index (κ2) is 4.47. The summed E-state index contributed by atoms with van der Waals surface area (Å²) in [4.78, 5) is 11.2. The summed E-state index contributed by atoms with van der Waals surface area (Å²) in [5.41, 5.74) is 0.572. The van der Waals surface area contributed by atoms with E-state index in [0.29, 0.717) is 16.3 Å². The van der Waals surface area contributed by atoms with E-state index in [1.165, 1.54) is 6.92 Å². The Morgan fingerprint density at radius 2 is 2.07 bits per heavy atom. The lowest BCUT2D eigenvalue weighted by Crippen LogP contribution is -2.08. The van der Waals surface area contributed by atoms with Gasteiger partial charge in [0.05, 0.1) is 11.7 Å². The normalized spacial score (nSPS) is 10.4. The zero-order valence-corrected chi connectivity index (χ0v) is 9.26. The fraction of sp³-hybridized carbons (Fsp3) is 0.364. The molecule has 0 aliphatic rings. The van der Waals surface area contributed by atoms with Crippen LogP contribution in [0.15, 0.2) is 18.2 Å². The molecule has 0 N–H and O–H groups in total. The Hall–Kier alpha value is -1.02. The number of carbonyl (C=O) groups is 1. The zero-order valence-electron chi connectivity index (χ0n) is 8.50.